The predicted molar refractivity (Wildman–Crippen MR) is 108 cm³/mol. The van der Waals surface area contributed by atoms with E-state index in [4.69, 9.17) is 4.42 Å². The molecule has 0 bridgehead atoms. The molecule has 0 unspecified atom stereocenters. The fourth-order valence-corrected chi connectivity index (χ4v) is 6.09. The minimum absolute atomic E-state index is 0.338. The van der Waals surface area contributed by atoms with E-state index in [0.717, 1.165) is 22.0 Å². The number of para-hydroxylation sites is 2. The van der Waals surface area contributed by atoms with Crippen LogP contribution >= 0.6 is 11.3 Å². The van der Waals surface area contributed by atoms with Gasteiger partial charge in [0.15, 0.2) is 0 Å². The molecule has 5 heteroatoms. The third-order valence-corrected chi connectivity index (χ3v) is 7.83. The van der Waals surface area contributed by atoms with Gasteiger partial charge in [0.1, 0.15) is 0 Å². The van der Waals surface area contributed by atoms with Gasteiger partial charge < -0.3 is 0 Å². The summed E-state index contributed by atoms with van der Waals surface area (Å²) >= 11 is 2.00. The molecule has 5 aromatic rings. The number of benzene rings is 2. The van der Waals surface area contributed by atoms with E-state index >= 15 is 0 Å². The molecule has 3 heterocycles. The second kappa shape index (κ2) is 6.36. The Labute approximate surface area is 160 Å². The fourth-order valence-electron chi connectivity index (χ4n) is 2.95. The van der Waals surface area contributed by atoms with Crippen LogP contribution in [0.2, 0.25) is 0 Å². The molecule has 26 heavy (non-hydrogen) atoms. The Kier molecular flexibility index (Phi) is 3.86. The number of fused-ring (bicyclic) bond motifs is 2. The summed E-state index contributed by atoms with van der Waals surface area (Å²) in [6.07, 6.45) is 4.22. The zero-order chi connectivity index (χ0) is 17.5. The van der Waals surface area contributed by atoms with Crippen molar-refractivity contribution < 1.29 is 8.98 Å². The molecule has 126 valence electrons. The van der Waals surface area contributed by atoms with Crippen LogP contribution < -0.4 is 4.57 Å². The van der Waals surface area contributed by atoms with Crippen molar-refractivity contribution >= 4 is 58.0 Å². The van der Waals surface area contributed by atoms with E-state index < -0.39 is 0 Å². The van der Waals surface area contributed by atoms with Gasteiger partial charge in [0.2, 0.25) is 0 Å². The molecule has 3 aromatic heterocycles. The van der Waals surface area contributed by atoms with Crippen LogP contribution in [0, 0.1) is 0 Å². The van der Waals surface area contributed by atoms with Gasteiger partial charge in [-0.1, -0.05) is 0 Å². The van der Waals surface area contributed by atoms with Crippen molar-refractivity contribution in [1.82, 2.24) is 4.98 Å². The standard InChI is InChI=1S/C21H15N2OSSe/c1-23-16-7-3-5-9-19(16)26-20(23)13-11-14-10-12-17(24-14)21-22-15-6-2-4-8-18(15)25-21/h2-13H,1H3/q+1/b13-11+. The quantitative estimate of drug-likeness (QED) is 0.310. The zero-order valence-corrected chi connectivity index (χ0v) is 16.6. The molecular formula is C21H15N2OSSe+. The molecule has 2 aromatic carbocycles. The normalized spacial score (nSPS) is 11.9. The molecule has 0 N–H and O–H groups in total. The molecule has 5 rings (SSSR count). The molecule has 0 aliphatic carbocycles. The monoisotopic (exact) mass is 423 g/mol. The van der Waals surface area contributed by atoms with Crippen molar-refractivity contribution in [3.8, 4) is 10.8 Å². The first-order valence-electron chi connectivity index (χ1n) is 8.29. The van der Waals surface area contributed by atoms with Gasteiger partial charge in [-0.25, -0.2) is 0 Å². The summed E-state index contributed by atoms with van der Waals surface area (Å²) in [5.74, 6) is 1.68. The summed E-state index contributed by atoms with van der Waals surface area (Å²) in [6.45, 7) is 0. The van der Waals surface area contributed by atoms with Gasteiger partial charge in [-0.2, -0.15) is 0 Å². The molecule has 3 nitrogen and oxygen atoms in total. The molecule has 0 amide bonds. The van der Waals surface area contributed by atoms with E-state index in [2.05, 4.69) is 59.1 Å². The molecule has 0 saturated heterocycles. The second-order valence-electron chi connectivity index (χ2n) is 5.99. The minimum atomic E-state index is 0.338. The number of thiazole rings is 1. The number of furan rings is 1. The average molecular weight is 422 g/mol. The molecule has 0 fully saturated rings. The van der Waals surface area contributed by atoms with Crippen LogP contribution in [0.3, 0.4) is 0 Å². The van der Waals surface area contributed by atoms with Gasteiger partial charge >= 0.3 is 161 Å². The molecule has 0 aliphatic rings. The predicted octanol–water partition coefficient (Wildman–Crippen LogP) is 4.76. The topological polar surface area (TPSA) is 29.9 Å². The second-order valence-corrected chi connectivity index (χ2v) is 9.25. The van der Waals surface area contributed by atoms with Crippen LogP contribution in [0.15, 0.2) is 65.1 Å². The van der Waals surface area contributed by atoms with Crippen molar-refractivity contribution in [3.05, 3.63) is 71.0 Å². The number of aryl methyl sites for hydroxylation is 1. The number of hydrogen-bond acceptors (Lipinski definition) is 3. The Morgan fingerprint density at radius 1 is 1.00 bits per heavy atom. The van der Waals surface area contributed by atoms with Crippen LogP contribution in [0.4, 0.5) is 0 Å². The molecule has 0 aliphatic heterocycles. The van der Waals surface area contributed by atoms with E-state index in [-0.39, 0.29) is 0 Å². The van der Waals surface area contributed by atoms with Crippen molar-refractivity contribution in [3.63, 3.8) is 0 Å². The summed E-state index contributed by atoms with van der Waals surface area (Å²) in [5.41, 5.74) is 2.33. The van der Waals surface area contributed by atoms with Gasteiger partial charge in [-0.3, -0.25) is 0 Å². The van der Waals surface area contributed by atoms with Gasteiger partial charge in [-0.05, 0) is 0 Å². The van der Waals surface area contributed by atoms with E-state index in [9.17, 15) is 0 Å². The first kappa shape index (κ1) is 15.8. The van der Waals surface area contributed by atoms with Crippen LogP contribution in [0.25, 0.3) is 42.9 Å². The van der Waals surface area contributed by atoms with Crippen molar-refractivity contribution in [1.29, 1.82) is 0 Å². The molecule has 0 radical (unpaired) electrons. The number of hydrogen-bond donors (Lipinski definition) is 0. The van der Waals surface area contributed by atoms with Gasteiger partial charge in [0.05, 0.1) is 0 Å². The zero-order valence-electron chi connectivity index (χ0n) is 14.0. The maximum atomic E-state index is 6.01. The Bertz CT molecular complexity index is 1230. The van der Waals surface area contributed by atoms with E-state index in [1.807, 2.05) is 30.3 Å². The third kappa shape index (κ3) is 2.74. The van der Waals surface area contributed by atoms with Crippen LogP contribution in [-0.2, 0) is 7.05 Å². The van der Waals surface area contributed by atoms with Crippen LogP contribution in [-0.4, -0.2) is 19.5 Å². The molecular weight excluding hydrogens is 407 g/mol. The summed E-state index contributed by atoms with van der Waals surface area (Å²) in [6, 6.07) is 20.8. The Balaban J connectivity index is 1.46. The number of aromatic nitrogens is 2. The summed E-state index contributed by atoms with van der Waals surface area (Å²) in [5, 5.41) is 0.924. The van der Waals surface area contributed by atoms with E-state index in [0.29, 0.717) is 14.5 Å². The molecule has 0 spiro atoms. The SMILES string of the molecule is C[n+]1c(/C=C/c2ccc(-c3nc4ccccc4s3)o2)[se]c2ccccc21. The molecule has 0 atom stereocenters. The third-order valence-electron chi connectivity index (χ3n) is 4.29. The van der Waals surface area contributed by atoms with Crippen LogP contribution in [0.1, 0.15) is 10.3 Å². The van der Waals surface area contributed by atoms with Gasteiger partial charge in [0, 0.05) is 0 Å². The van der Waals surface area contributed by atoms with Crippen molar-refractivity contribution in [2.24, 2.45) is 7.05 Å². The van der Waals surface area contributed by atoms with E-state index in [1.165, 1.54) is 19.0 Å². The van der Waals surface area contributed by atoms with Crippen molar-refractivity contribution in [2.45, 2.75) is 0 Å². The number of nitrogens with zero attached hydrogens (tertiary/aromatic N) is 2. The van der Waals surface area contributed by atoms with Crippen molar-refractivity contribution in [2.75, 3.05) is 0 Å². The van der Waals surface area contributed by atoms with Crippen LogP contribution in [0.5, 0.6) is 0 Å². The first-order chi connectivity index (χ1) is 12.8. The van der Waals surface area contributed by atoms with E-state index in [1.54, 1.807) is 11.3 Å². The Morgan fingerprint density at radius 3 is 2.73 bits per heavy atom. The maximum absolute atomic E-state index is 6.01. The van der Waals surface area contributed by atoms with Gasteiger partial charge in [0.25, 0.3) is 0 Å². The van der Waals surface area contributed by atoms with Gasteiger partial charge in [-0.15, -0.1) is 0 Å². The summed E-state index contributed by atoms with van der Waals surface area (Å²) in [7, 11) is 2.13. The fraction of sp³-hybridized carbons (Fsp3) is 0.0476. The average Bonchev–Trinajstić information content (AvgIpc) is 3.37. The first-order valence-corrected chi connectivity index (χ1v) is 10.8. The summed E-state index contributed by atoms with van der Waals surface area (Å²) < 4.78 is 12.2. The number of rotatable bonds is 3. The summed E-state index contributed by atoms with van der Waals surface area (Å²) in [4.78, 5) is 4.66. The molecule has 0 saturated carbocycles. The Morgan fingerprint density at radius 2 is 1.85 bits per heavy atom. The Hall–Kier alpha value is -2.46.